The van der Waals surface area contributed by atoms with Crippen molar-refractivity contribution in [2.45, 2.75) is 20.3 Å². The fraction of sp³-hybridized carbons (Fsp3) is 0.273. The zero-order chi connectivity index (χ0) is 9.68. The average molecular weight is 177 g/mol. The van der Waals surface area contributed by atoms with Gasteiger partial charge in [0, 0.05) is 0 Å². The predicted molar refractivity (Wildman–Crippen MR) is 51.3 cm³/mol. The Kier molecular flexibility index (Phi) is 3.50. The number of para-hydroxylation sites is 1. The molecule has 1 radical (unpaired) electrons. The number of carbonyl (C=O) groups is 1. The van der Waals surface area contributed by atoms with Crippen LogP contribution in [0.2, 0.25) is 0 Å². The highest BCUT2D eigenvalue weighted by atomic mass is 16.5. The van der Waals surface area contributed by atoms with Crippen LogP contribution in [-0.2, 0) is 4.79 Å². The summed E-state index contributed by atoms with van der Waals surface area (Å²) in [6.07, 6.45) is 0.384. The van der Waals surface area contributed by atoms with Crippen LogP contribution in [0.25, 0.3) is 0 Å². The lowest BCUT2D eigenvalue weighted by atomic mass is 10.1. The van der Waals surface area contributed by atoms with Crippen molar-refractivity contribution in [1.82, 2.24) is 0 Å². The van der Waals surface area contributed by atoms with Crippen molar-refractivity contribution >= 4 is 5.97 Å². The van der Waals surface area contributed by atoms with E-state index in [2.05, 4.69) is 0 Å². The van der Waals surface area contributed by atoms with E-state index in [9.17, 15) is 4.79 Å². The summed E-state index contributed by atoms with van der Waals surface area (Å²) in [7, 11) is 0. The van der Waals surface area contributed by atoms with Gasteiger partial charge in [0.15, 0.2) is 0 Å². The normalized spacial score (nSPS) is 10.1. The van der Waals surface area contributed by atoms with E-state index in [-0.39, 0.29) is 5.97 Å². The van der Waals surface area contributed by atoms with Crippen LogP contribution in [0.3, 0.4) is 0 Å². The van der Waals surface area contributed by atoms with Crippen LogP contribution in [0.15, 0.2) is 30.3 Å². The molecule has 0 aliphatic rings. The summed E-state index contributed by atoms with van der Waals surface area (Å²) >= 11 is 0. The number of rotatable bonds is 3. The van der Waals surface area contributed by atoms with Crippen molar-refractivity contribution in [3.8, 4) is 5.75 Å². The second-order valence-corrected chi connectivity index (χ2v) is 3.17. The van der Waals surface area contributed by atoms with Gasteiger partial charge in [-0.25, -0.2) is 0 Å². The second-order valence-electron chi connectivity index (χ2n) is 3.17. The molecule has 0 aliphatic heterocycles. The van der Waals surface area contributed by atoms with Crippen LogP contribution in [0.1, 0.15) is 20.3 Å². The summed E-state index contributed by atoms with van der Waals surface area (Å²) in [5, 5.41) is 0. The second kappa shape index (κ2) is 4.65. The van der Waals surface area contributed by atoms with E-state index in [0.717, 1.165) is 5.92 Å². The van der Waals surface area contributed by atoms with Crippen molar-refractivity contribution in [3.63, 3.8) is 0 Å². The van der Waals surface area contributed by atoms with Crippen molar-refractivity contribution < 1.29 is 9.53 Å². The van der Waals surface area contributed by atoms with E-state index in [1.54, 1.807) is 12.1 Å². The van der Waals surface area contributed by atoms with Crippen molar-refractivity contribution in [3.05, 3.63) is 36.2 Å². The van der Waals surface area contributed by atoms with E-state index in [0.29, 0.717) is 12.2 Å². The molecule has 0 aromatic heterocycles. The number of carbonyl (C=O) groups excluding carboxylic acids is 1. The van der Waals surface area contributed by atoms with Gasteiger partial charge >= 0.3 is 5.97 Å². The lowest BCUT2D eigenvalue weighted by Crippen LogP contribution is -2.09. The van der Waals surface area contributed by atoms with Crippen LogP contribution >= 0.6 is 0 Å². The number of hydrogen-bond acceptors (Lipinski definition) is 2. The number of ether oxygens (including phenoxy) is 1. The van der Waals surface area contributed by atoms with Gasteiger partial charge < -0.3 is 4.74 Å². The minimum atomic E-state index is -0.203. The molecule has 0 fully saturated rings. The summed E-state index contributed by atoms with van der Waals surface area (Å²) in [5.41, 5.74) is 0. The molecule has 0 heterocycles. The molecule has 1 rings (SSSR count). The molecule has 0 atom stereocenters. The zero-order valence-corrected chi connectivity index (χ0v) is 7.91. The number of benzene rings is 1. The fourth-order valence-electron chi connectivity index (χ4n) is 0.945. The number of esters is 1. The quantitative estimate of drug-likeness (QED) is 0.524. The van der Waals surface area contributed by atoms with Gasteiger partial charge in [-0.05, 0) is 18.1 Å². The Morgan fingerprint density at radius 2 is 1.85 bits per heavy atom. The number of hydrogen-bond donors (Lipinski definition) is 0. The van der Waals surface area contributed by atoms with Gasteiger partial charge in [-0.2, -0.15) is 0 Å². The molecule has 0 spiro atoms. The summed E-state index contributed by atoms with van der Waals surface area (Å²) in [6, 6.07) is 9.09. The third-order valence-electron chi connectivity index (χ3n) is 1.47. The van der Waals surface area contributed by atoms with Crippen LogP contribution in [0.4, 0.5) is 0 Å². The third kappa shape index (κ3) is 3.74. The van der Waals surface area contributed by atoms with E-state index in [1.807, 2.05) is 32.0 Å². The maximum Gasteiger partial charge on any atom is 0.311 e. The van der Waals surface area contributed by atoms with Crippen molar-refractivity contribution in [2.24, 2.45) is 0 Å². The Labute approximate surface area is 78.5 Å². The van der Waals surface area contributed by atoms with Crippen LogP contribution in [-0.4, -0.2) is 5.97 Å². The first kappa shape index (κ1) is 9.78. The van der Waals surface area contributed by atoms with Gasteiger partial charge in [0.05, 0.1) is 6.42 Å². The van der Waals surface area contributed by atoms with Gasteiger partial charge in [-0.15, -0.1) is 0 Å². The predicted octanol–water partition coefficient (Wildman–Crippen LogP) is 2.60. The molecule has 0 saturated carbocycles. The average Bonchev–Trinajstić information content (AvgIpc) is 2.04. The Hall–Kier alpha value is -1.31. The van der Waals surface area contributed by atoms with Gasteiger partial charge in [-0.3, -0.25) is 4.79 Å². The standard InChI is InChI=1S/C11H13O2/c1-9(2)8-11(12)13-10-6-4-3-5-7-10/h3-7H,8H2,1-2H3. The summed E-state index contributed by atoms with van der Waals surface area (Å²) in [4.78, 5) is 11.2. The van der Waals surface area contributed by atoms with Crippen molar-refractivity contribution in [1.29, 1.82) is 0 Å². The van der Waals surface area contributed by atoms with Crippen molar-refractivity contribution in [2.75, 3.05) is 0 Å². The van der Waals surface area contributed by atoms with Crippen LogP contribution < -0.4 is 4.74 Å². The zero-order valence-electron chi connectivity index (χ0n) is 7.91. The first-order valence-corrected chi connectivity index (χ1v) is 4.23. The molecule has 69 valence electrons. The third-order valence-corrected chi connectivity index (χ3v) is 1.47. The topological polar surface area (TPSA) is 26.3 Å². The summed E-state index contributed by atoms with van der Waals surface area (Å²) in [5.74, 6) is 1.46. The highest BCUT2D eigenvalue weighted by Gasteiger charge is 2.06. The highest BCUT2D eigenvalue weighted by Crippen LogP contribution is 2.11. The fourth-order valence-corrected chi connectivity index (χ4v) is 0.945. The molecular formula is C11H13O2. The van der Waals surface area contributed by atoms with Gasteiger partial charge in [0.1, 0.15) is 5.75 Å². The monoisotopic (exact) mass is 177 g/mol. The first-order valence-electron chi connectivity index (χ1n) is 4.23. The highest BCUT2D eigenvalue weighted by molar-refractivity contribution is 5.74. The lowest BCUT2D eigenvalue weighted by Gasteiger charge is -2.04. The Balaban J connectivity index is 2.46. The molecule has 0 amide bonds. The van der Waals surface area contributed by atoms with Gasteiger partial charge in [-0.1, -0.05) is 32.0 Å². The molecule has 0 N–H and O–H groups in total. The maximum atomic E-state index is 11.2. The molecule has 1 aromatic carbocycles. The Morgan fingerprint density at radius 3 is 2.38 bits per heavy atom. The van der Waals surface area contributed by atoms with Gasteiger partial charge in [0.25, 0.3) is 0 Å². The lowest BCUT2D eigenvalue weighted by molar-refractivity contribution is -0.133. The minimum Gasteiger partial charge on any atom is -0.427 e. The Morgan fingerprint density at radius 1 is 1.23 bits per heavy atom. The molecule has 0 bridgehead atoms. The summed E-state index contributed by atoms with van der Waals surface area (Å²) in [6.45, 7) is 3.82. The van der Waals surface area contributed by atoms with E-state index in [4.69, 9.17) is 4.74 Å². The molecule has 0 aliphatic carbocycles. The molecule has 0 unspecified atom stereocenters. The maximum absolute atomic E-state index is 11.2. The smallest absolute Gasteiger partial charge is 0.311 e. The molecule has 2 nitrogen and oxygen atoms in total. The molecule has 2 heteroatoms. The van der Waals surface area contributed by atoms with Crippen LogP contribution in [0.5, 0.6) is 5.75 Å². The molecule has 1 aromatic rings. The van der Waals surface area contributed by atoms with E-state index in [1.165, 1.54) is 0 Å². The summed E-state index contributed by atoms with van der Waals surface area (Å²) < 4.78 is 5.07. The largest absolute Gasteiger partial charge is 0.427 e. The first-order chi connectivity index (χ1) is 6.18. The SMILES string of the molecule is C[C](C)CC(=O)Oc1ccccc1. The molecule has 13 heavy (non-hydrogen) atoms. The van der Waals surface area contributed by atoms with Gasteiger partial charge in [0.2, 0.25) is 0 Å². The van der Waals surface area contributed by atoms with Crippen LogP contribution in [0, 0.1) is 5.92 Å². The molecular weight excluding hydrogens is 164 g/mol. The van der Waals surface area contributed by atoms with E-state index < -0.39 is 0 Å². The molecule has 0 saturated heterocycles. The minimum absolute atomic E-state index is 0.203. The van der Waals surface area contributed by atoms with E-state index >= 15 is 0 Å². The Bertz CT molecular complexity index is 265.